The number of hydrogen-bond donors (Lipinski definition) is 0. The predicted molar refractivity (Wildman–Crippen MR) is 79.4 cm³/mol. The van der Waals surface area contributed by atoms with Gasteiger partial charge in [0.25, 0.3) is 0 Å². The second-order valence-corrected chi connectivity index (χ2v) is 6.00. The molecule has 1 aromatic carbocycles. The fourth-order valence-electron chi connectivity index (χ4n) is 2.24. The summed E-state index contributed by atoms with van der Waals surface area (Å²) in [6.45, 7) is 6.03. The maximum Gasteiger partial charge on any atom is 0.106 e. The van der Waals surface area contributed by atoms with Gasteiger partial charge in [-0.1, -0.05) is 28.1 Å². The Morgan fingerprint density at radius 2 is 1.94 bits per heavy atom. The van der Waals surface area contributed by atoms with E-state index >= 15 is 0 Å². The molecule has 0 aliphatic heterocycles. The van der Waals surface area contributed by atoms with Gasteiger partial charge in [0.1, 0.15) is 11.5 Å². The van der Waals surface area contributed by atoms with Gasteiger partial charge in [0, 0.05) is 10.0 Å². The van der Waals surface area contributed by atoms with Gasteiger partial charge in [0.2, 0.25) is 0 Å². The van der Waals surface area contributed by atoms with E-state index in [1.54, 1.807) is 0 Å². The molecule has 0 spiro atoms. The monoisotopic (exact) mass is 326 g/mol. The lowest BCUT2D eigenvalue weighted by Crippen LogP contribution is -1.98. The molecule has 1 atom stereocenters. The zero-order chi connectivity index (χ0) is 13.3. The van der Waals surface area contributed by atoms with Crippen LogP contribution in [-0.2, 0) is 6.42 Å². The third kappa shape index (κ3) is 2.81. The second kappa shape index (κ2) is 5.50. The molecule has 1 heterocycles. The van der Waals surface area contributed by atoms with Gasteiger partial charge in [-0.25, -0.2) is 0 Å². The molecule has 0 saturated heterocycles. The lowest BCUT2D eigenvalue weighted by molar-refractivity contribution is 0.499. The molecular weight excluding hydrogens is 312 g/mol. The first-order valence-electron chi connectivity index (χ1n) is 5.94. The van der Waals surface area contributed by atoms with E-state index in [0.29, 0.717) is 0 Å². The van der Waals surface area contributed by atoms with Crippen LogP contribution < -0.4 is 0 Å². The van der Waals surface area contributed by atoms with Gasteiger partial charge in [-0.15, -0.1) is 11.6 Å². The molecule has 0 saturated carbocycles. The number of hydrogen-bond acceptors (Lipinski definition) is 1. The summed E-state index contributed by atoms with van der Waals surface area (Å²) in [5, 5.41) is -0.0447. The summed E-state index contributed by atoms with van der Waals surface area (Å²) in [6, 6.07) is 8.25. The Bertz CT molecular complexity index is 560. The van der Waals surface area contributed by atoms with Crippen molar-refractivity contribution in [2.75, 3.05) is 0 Å². The van der Waals surface area contributed by atoms with Crippen molar-refractivity contribution in [1.29, 1.82) is 0 Å². The minimum atomic E-state index is -0.0447. The molecule has 18 heavy (non-hydrogen) atoms. The molecule has 1 aromatic heterocycles. The zero-order valence-electron chi connectivity index (χ0n) is 10.8. The topological polar surface area (TPSA) is 13.1 Å². The first-order valence-corrected chi connectivity index (χ1v) is 7.17. The lowest BCUT2D eigenvalue weighted by atomic mass is 10.0. The molecule has 0 bridgehead atoms. The van der Waals surface area contributed by atoms with Crippen LogP contribution in [-0.4, -0.2) is 0 Å². The highest BCUT2D eigenvalue weighted by molar-refractivity contribution is 9.10. The standard InChI is InChI=1S/C15H16BrClO/c1-9-10(2)18-11(3)15(9)14(17)8-12-5-4-6-13(16)7-12/h4-7,14H,8H2,1-3H3. The Kier molecular flexibility index (Phi) is 4.18. The van der Waals surface area contributed by atoms with Crippen LogP contribution in [0.15, 0.2) is 33.2 Å². The number of halogens is 2. The van der Waals surface area contributed by atoms with E-state index in [9.17, 15) is 0 Å². The number of rotatable bonds is 3. The van der Waals surface area contributed by atoms with Gasteiger partial charge in [-0.2, -0.15) is 0 Å². The summed E-state index contributed by atoms with van der Waals surface area (Å²) in [4.78, 5) is 0. The van der Waals surface area contributed by atoms with Gasteiger partial charge in [0.15, 0.2) is 0 Å². The van der Waals surface area contributed by atoms with E-state index in [2.05, 4.69) is 35.0 Å². The summed E-state index contributed by atoms with van der Waals surface area (Å²) in [5.74, 6) is 1.89. The number of aryl methyl sites for hydroxylation is 2. The molecule has 1 nitrogen and oxygen atoms in total. The molecule has 0 aliphatic rings. The van der Waals surface area contributed by atoms with Crippen LogP contribution in [0.4, 0.5) is 0 Å². The van der Waals surface area contributed by atoms with Crippen LogP contribution >= 0.6 is 27.5 Å². The second-order valence-electron chi connectivity index (χ2n) is 4.55. The third-order valence-corrected chi connectivity index (χ3v) is 4.10. The molecule has 0 amide bonds. The van der Waals surface area contributed by atoms with Crippen molar-refractivity contribution in [1.82, 2.24) is 0 Å². The minimum Gasteiger partial charge on any atom is -0.466 e. The summed E-state index contributed by atoms with van der Waals surface area (Å²) >= 11 is 10.0. The molecule has 0 radical (unpaired) electrons. The van der Waals surface area contributed by atoms with Crippen molar-refractivity contribution in [2.45, 2.75) is 32.6 Å². The zero-order valence-corrected chi connectivity index (χ0v) is 13.1. The Morgan fingerprint density at radius 1 is 1.22 bits per heavy atom. The maximum absolute atomic E-state index is 6.54. The first kappa shape index (κ1) is 13.7. The van der Waals surface area contributed by atoms with Gasteiger partial charge in [0.05, 0.1) is 5.38 Å². The highest BCUT2D eigenvalue weighted by Crippen LogP contribution is 2.33. The van der Waals surface area contributed by atoms with E-state index in [0.717, 1.165) is 28.0 Å². The number of furan rings is 1. The Labute approximate surface area is 121 Å². The number of alkyl halides is 1. The largest absolute Gasteiger partial charge is 0.466 e. The first-order chi connectivity index (χ1) is 8.49. The van der Waals surface area contributed by atoms with E-state index in [1.165, 1.54) is 11.1 Å². The third-order valence-electron chi connectivity index (χ3n) is 3.23. The van der Waals surface area contributed by atoms with Crippen molar-refractivity contribution < 1.29 is 4.42 Å². The van der Waals surface area contributed by atoms with Crippen molar-refractivity contribution >= 4 is 27.5 Å². The van der Waals surface area contributed by atoms with Gasteiger partial charge in [-0.3, -0.25) is 0 Å². The SMILES string of the molecule is Cc1oc(C)c(C(Cl)Cc2cccc(Br)c2)c1C. The van der Waals surface area contributed by atoms with Crippen molar-refractivity contribution in [2.24, 2.45) is 0 Å². The summed E-state index contributed by atoms with van der Waals surface area (Å²) < 4.78 is 6.72. The lowest BCUT2D eigenvalue weighted by Gasteiger charge is -2.10. The van der Waals surface area contributed by atoms with E-state index in [1.807, 2.05) is 26.0 Å². The Hall–Kier alpha value is -0.730. The summed E-state index contributed by atoms with van der Waals surface area (Å²) in [6.07, 6.45) is 0.807. The van der Waals surface area contributed by atoms with Crippen molar-refractivity contribution in [3.63, 3.8) is 0 Å². The molecular formula is C15H16BrClO. The maximum atomic E-state index is 6.54. The van der Waals surface area contributed by atoms with Crippen LogP contribution in [0, 0.1) is 20.8 Å². The highest BCUT2D eigenvalue weighted by Gasteiger charge is 2.19. The van der Waals surface area contributed by atoms with Crippen LogP contribution in [0.25, 0.3) is 0 Å². The van der Waals surface area contributed by atoms with Crippen LogP contribution in [0.3, 0.4) is 0 Å². The van der Waals surface area contributed by atoms with Crippen LogP contribution in [0.1, 0.15) is 33.6 Å². The fraction of sp³-hybridized carbons (Fsp3) is 0.333. The molecule has 0 N–H and O–H groups in total. The highest BCUT2D eigenvalue weighted by atomic mass is 79.9. The van der Waals surface area contributed by atoms with Gasteiger partial charge in [-0.05, 0) is 50.5 Å². The molecule has 1 unspecified atom stereocenters. The van der Waals surface area contributed by atoms with E-state index < -0.39 is 0 Å². The van der Waals surface area contributed by atoms with E-state index in [-0.39, 0.29) is 5.38 Å². The average molecular weight is 328 g/mol. The van der Waals surface area contributed by atoms with Gasteiger partial charge >= 0.3 is 0 Å². The quantitative estimate of drug-likeness (QED) is 0.679. The molecule has 96 valence electrons. The minimum absolute atomic E-state index is 0.0447. The normalized spacial score (nSPS) is 12.7. The Balaban J connectivity index is 2.24. The van der Waals surface area contributed by atoms with E-state index in [4.69, 9.17) is 16.0 Å². The number of benzene rings is 1. The fourth-order valence-corrected chi connectivity index (χ4v) is 3.19. The smallest absolute Gasteiger partial charge is 0.106 e. The van der Waals surface area contributed by atoms with Gasteiger partial charge < -0.3 is 4.42 Å². The van der Waals surface area contributed by atoms with Crippen molar-refractivity contribution in [3.8, 4) is 0 Å². The molecule has 0 fully saturated rings. The van der Waals surface area contributed by atoms with Crippen LogP contribution in [0.2, 0.25) is 0 Å². The average Bonchev–Trinajstić information content (AvgIpc) is 2.53. The summed E-state index contributed by atoms with van der Waals surface area (Å²) in [7, 11) is 0. The summed E-state index contributed by atoms with van der Waals surface area (Å²) in [5.41, 5.74) is 3.53. The molecule has 2 aromatic rings. The van der Waals surface area contributed by atoms with Crippen molar-refractivity contribution in [3.05, 3.63) is 56.9 Å². The molecule has 0 aliphatic carbocycles. The molecule has 2 rings (SSSR count). The molecule has 3 heteroatoms. The van der Waals surface area contributed by atoms with Crippen LogP contribution in [0.5, 0.6) is 0 Å². The Morgan fingerprint density at radius 3 is 2.50 bits per heavy atom. The predicted octanol–water partition coefficient (Wildman–Crippen LogP) is 5.49.